The molecule has 0 aliphatic carbocycles. The normalized spacial score (nSPS) is 10.3. The highest BCUT2D eigenvalue weighted by Crippen LogP contribution is 2.25. The van der Waals surface area contributed by atoms with E-state index in [1.165, 1.54) is 0 Å². The smallest absolute Gasteiger partial charge is 0.291 e. The first-order valence-corrected chi connectivity index (χ1v) is 6.55. The van der Waals surface area contributed by atoms with Crippen molar-refractivity contribution in [3.05, 3.63) is 65.4 Å². The number of benzene rings is 2. The number of hydrogen-bond acceptors (Lipinski definition) is 2. The van der Waals surface area contributed by atoms with Gasteiger partial charge in [0.1, 0.15) is 5.58 Å². The number of fused-ring (bicyclic) bond motifs is 1. The zero-order chi connectivity index (χ0) is 14.8. The zero-order valence-electron chi connectivity index (χ0n) is 11.5. The van der Waals surface area contributed by atoms with Crippen LogP contribution in [0.1, 0.15) is 21.7 Å². The minimum atomic E-state index is -0.280. The maximum atomic E-state index is 12.3. The van der Waals surface area contributed by atoms with Crippen molar-refractivity contribution in [1.82, 2.24) is 0 Å². The molecule has 0 saturated carbocycles. The number of amides is 1. The fraction of sp³-hybridized carbons (Fsp3) is 0.0556. The van der Waals surface area contributed by atoms with E-state index >= 15 is 0 Å². The van der Waals surface area contributed by atoms with Crippen LogP contribution in [0.3, 0.4) is 0 Å². The van der Waals surface area contributed by atoms with Gasteiger partial charge in [0.15, 0.2) is 5.76 Å². The van der Waals surface area contributed by atoms with Gasteiger partial charge in [0.2, 0.25) is 0 Å². The molecule has 0 atom stereocenters. The average Bonchev–Trinajstić information content (AvgIpc) is 2.85. The molecule has 0 aliphatic rings. The Kier molecular flexibility index (Phi) is 3.21. The highest BCUT2D eigenvalue weighted by molar-refractivity contribution is 6.06. The first-order chi connectivity index (χ1) is 10.2. The van der Waals surface area contributed by atoms with E-state index in [2.05, 4.69) is 11.2 Å². The monoisotopic (exact) mass is 275 g/mol. The van der Waals surface area contributed by atoms with Gasteiger partial charge in [-0.2, -0.15) is 0 Å². The first-order valence-electron chi connectivity index (χ1n) is 6.55. The van der Waals surface area contributed by atoms with Gasteiger partial charge in [0.05, 0.1) is 0 Å². The lowest BCUT2D eigenvalue weighted by Crippen LogP contribution is -2.12. The summed E-state index contributed by atoms with van der Waals surface area (Å²) in [6, 6.07) is 14.7. The molecule has 3 rings (SSSR count). The van der Waals surface area contributed by atoms with E-state index in [1.807, 2.05) is 37.3 Å². The summed E-state index contributed by atoms with van der Waals surface area (Å²) < 4.78 is 5.64. The van der Waals surface area contributed by atoms with Crippen molar-refractivity contribution in [3.8, 4) is 12.3 Å². The maximum absolute atomic E-state index is 12.3. The van der Waals surface area contributed by atoms with E-state index < -0.39 is 0 Å². The standard InChI is InChI=1S/C18H13NO2/c1-3-13-7-6-8-14(11-13)19-18(20)17-12(2)15-9-4-5-10-16(15)21-17/h1,4-11H,2H3,(H,19,20). The lowest BCUT2D eigenvalue weighted by Gasteiger charge is -2.04. The predicted octanol–water partition coefficient (Wildman–Crippen LogP) is 3.97. The average molecular weight is 275 g/mol. The number of anilines is 1. The molecule has 2 aromatic carbocycles. The molecule has 0 aliphatic heterocycles. The highest BCUT2D eigenvalue weighted by Gasteiger charge is 2.17. The Labute approximate surface area is 122 Å². The summed E-state index contributed by atoms with van der Waals surface area (Å²) in [7, 11) is 0. The Hall–Kier alpha value is -2.99. The summed E-state index contributed by atoms with van der Waals surface area (Å²) in [6.45, 7) is 1.87. The van der Waals surface area contributed by atoms with Crippen LogP contribution in [0.25, 0.3) is 11.0 Å². The molecular weight excluding hydrogens is 262 g/mol. The number of aryl methyl sites for hydroxylation is 1. The Bertz CT molecular complexity index is 868. The van der Waals surface area contributed by atoms with E-state index in [0.29, 0.717) is 22.6 Å². The van der Waals surface area contributed by atoms with Gasteiger partial charge in [-0.1, -0.05) is 30.2 Å². The SMILES string of the molecule is C#Cc1cccc(NC(=O)c2oc3ccccc3c2C)c1. The molecule has 0 fully saturated rings. The topological polar surface area (TPSA) is 42.2 Å². The molecule has 0 saturated heterocycles. The minimum Gasteiger partial charge on any atom is -0.451 e. The molecule has 0 radical (unpaired) electrons. The van der Waals surface area contributed by atoms with Crippen molar-refractivity contribution in [2.45, 2.75) is 6.92 Å². The van der Waals surface area contributed by atoms with E-state index in [0.717, 1.165) is 10.9 Å². The molecule has 0 unspecified atom stereocenters. The molecule has 1 amide bonds. The molecule has 1 aromatic heterocycles. The van der Waals surface area contributed by atoms with Crippen molar-refractivity contribution in [1.29, 1.82) is 0 Å². The Balaban J connectivity index is 1.94. The van der Waals surface area contributed by atoms with Crippen molar-refractivity contribution < 1.29 is 9.21 Å². The third-order valence-corrected chi connectivity index (χ3v) is 3.34. The van der Waals surface area contributed by atoms with Crippen LogP contribution in [0.2, 0.25) is 0 Å². The summed E-state index contributed by atoms with van der Waals surface area (Å²) in [4.78, 5) is 12.3. The van der Waals surface area contributed by atoms with Crippen molar-refractivity contribution in [3.63, 3.8) is 0 Å². The van der Waals surface area contributed by atoms with Gasteiger partial charge in [-0.05, 0) is 31.2 Å². The molecular formula is C18H13NO2. The number of para-hydroxylation sites is 1. The number of carbonyl (C=O) groups excluding carboxylic acids is 1. The van der Waals surface area contributed by atoms with Crippen LogP contribution in [-0.2, 0) is 0 Å². The zero-order valence-corrected chi connectivity index (χ0v) is 11.5. The van der Waals surface area contributed by atoms with Gasteiger partial charge in [-0.3, -0.25) is 4.79 Å². The summed E-state index contributed by atoms with van der Waals surface area (Å²) in [5, 5.41) is 3.75. The highest BCUT2D eigenvalue weighted by atomic mass is 16.3. The number of carbonyl (C=O) groups is 1. The third kappa shape index (κ3) is 2.39. The molecule has 1 N–H and O–H groups in total. The van der Waals surface area contributed by atoms with Gasteiger partial charge in [0.25, 0.3) is 5.91 Å². The number of terminal acetylenes is 1. The van der Waals surface area contributed by atoms with Crippen LogP contribution in [-0.4, -0.2) is 5.91 Å². The third-order valence-electron chi connectivity index (χ3n) is 3.34. The molecule has 1 heterocycles. The van der Waals surface area contributed by atoms with Gasteiger partial charge < -0.3 is 9.73 Å². The molecule has 0 spiro atoms. The second kappa shape index (κ2) is 5.18. The molecule has 102 valence electrons. The summed E-state index contributed by atoms with van der Waals surface area (Å²) >= 11 is 0. The fourth-order valence-corrected chi connectivity index (χ4v) is 2.27. The lowest BCUT2D eigenvalue weighted by atomic mass is 10.1. The first kappa shape index (κ1) is 13.0. The van der Waals surface area contributed by atoms with Gasteiger partial charge in [-0.15, -0.1) is 6.42 Å². The van der Waals surface area contributed by atoms with Crippen LogP contribution in [0.4, 0.5) is 5.69 Å². The lowest BCUT2D eigenvalue weighted by molar-refractivity contribution is 0.0998. The Morgan fingerprint density at radius 2 is 2.00 bits per heavy atom. The van der Waals surface area contributed by atoms with E-state index in [4.69, 9.17) is 10.8 Å². The fourth-order valence-electron chi connectivity index (χ4n) is 2.27. The Morgan fingerprint density at radius 1 is 1.19 bits per heavy atom. The van der Waals surface area contributed by atoms with E-state index in [1.54, 1.807) is 18.2 Å². The van der Waals surface area contributed by atoms with Crippen LogP contribution in [0.5, 0.6) is 0 Å². The van der Waals surface area contributed by atoms with Crippen LogP contribution >= 0.6 is 0 Å². The summed E-state index contributed by atoms with van der Waals surface area (Å²) in [5.74, 6) is 2.58. The number of furan rings is 1. The van der Waals surface area contributed by atoms with E-state index in [-0.39, 0.29) is 5.91 Å². The molecule has 21 heavy (non-hydrogen) atoms. The molecule has 3 aromatic rings. The number of nitrogens with one attached hydrogen (secondary N) is 1. The van der Waals surface area contributed by atoms with Crippen LogP contribution in [0, 0.1) is 19.3 Å². The van der Waals surface area contributed by atoms with Crippen LogP contribution in [0.15, 0.2) is 52.9 Å². The molecule has 3 heteroatoms. The van der Waals surface area contributed by atoms with Gasteiger partial charge in [0, 0.05) is 22.2 Å². The van der Waals surface area contributed by atoms with Crippen molar-refractivity contribution in [2.24, 2.45) is 0 Å². The van der Waals surface area contributed by atoms with E-state index in [9.17, 15) is 4.79 Å². The van der Waals surface area contributed by atoms with Gasteiger partial charge >= 0.3 is 0 Å². The van der Waals surface area contributed by atoms with Crippen LogP contribution < -0.4 is 5.32 Å². The minimum absolute atomic E-state index is 0.280. The summed E-state index contributed by atoms with van der Waals surface area (Å²) in [5.41, 5.74) is 2.90. The number of hydrogen-bond donors (Lipinski definition) is 1. The van der Waals surface area contributed by atoms with Crippen molar-refractivity contribution >= 4 is 22.6 Å². The Morgan fingerprint density at radius 3 is 2.76 bits per heavy atom. The molecule has 0 bridgehead atoms. The quantitative estimate of drug-likeness (QED) is 0.719. The van der Waals surface area contributed by atoms with Crippen molar-refractivity contribution in [2.75, 3.05) is 5.32 Å². The second-order valence-corrected chi connectivity index (χ2v) is 4.73. The second-order valence-electron chi connectivity index (χ2n) is 4.73. The maximum Gasteiger partial charge on any atom is 0.291 e. The predicted molar refractivity (Wildman–Crippen MR) is 83.3 cm³/mol. The summed E-state index contributed by atoms with van der Waals surface area (Å²) in [6.07, 6.45) is 5.35. The van der Waals surface area contributed by atoms with Gasteiger partial charge in [-0.25, -0.2) is 0 Å². The molecule has 3 nitrogen and oxygen atoms in total. The number of rotatable bonds is 2. The largest absolute Gasteiger partial charge is 0.451 e.